The van der Waals surface area contributed by atoms with Gasteiger partial charge in [0.2, 0.25) is 17.7 Å². The lowest BCUT2D eigenvalue weighted by atomic mass is 9.96. The van der Waals surface area contributed by atoms with Crippen LogP contribution in [0.25, 0.3) is 0 Å². The molecule has 2 aliphatic heterocycles. The molecule has 0 saturated carbocycles. The number of hydrogen-bond donors (Lipinski definition) is 0. The van der Waals surface area contributed by atoms with Crippen molar-refractivity contribution in [3.05, 3.63) is 52.2 Å². The Labute approximate surface area is 174 Å². The topological polar surface area (TPSA) is 60.9 Å². The Morgan fingerprint density at radius 3 is 2.24 bits per heavy atom. The maximum atomic E-state index is 13.4. The fourth-order valence-electron chi connectivity index (χ4n) is 4.23. The van der Waals surface area contributed by atoms with Crippen molar-refractivity contribution in [1.29, 1.82) is 0 Å². The number of nitrogens with zero attached hydrogens (tertiary/aromatic N) is 3. The van der Waals surface area contributed by atoms with E-state index in [-0.39, 0.29) is 30.2 Å². The number of rotatable bonds is 3. The second-order valence-electron chi connectivity index (χ2n) is 7.70. The van der Waals surface area contributed by atoms with E-state index in [4.69, 9.17) is 0 Å². The van der Waals surface area contributed by atoms with E-state index < -0.39 is 5.92 Å². The van der Waals surface area contributed by atoms with E-state index >= 15 is 0 Å². The molecule has 4 rings (SSSR count). The lowest BCUT2D eigenvalue weighted by Crippen LogP contribution is -2.52. The summed E-state index contributed by atoms with van der Waals surface area (Å²) in [5.74, 6) is -0.385. The van der Waals surface area contributed by atoms with Gasteiger partial charge in [0.15, 0.2) is 0 Å². The van der Waals surface area contributed by atoms with Crippen LogP contribution in [0.2, 0.25) is 0 Å². The highest BCUT2D eigenvalue weighted by molar-refractivity contribution is 7.10. The maximum Gasteiger partial charge on any atom is 0.228 e. The SMILES string of the molecule is CC(=O)N1CCN(C(=O)C2CC(=O)N(c3ccc(C)cc3)C2c2cccs2)CC1. The van der Waals surface area contributed by atoms with Gasteiger partial charge >= 0.3 is 0 Å². The quantitative estimate of drug-likeness (QED) is 0.780. The molecule has 1 aromatic carbocycles. The summed E-state index contributed by atoms with van der Waals surface area (Å²) >= 11 is 1.58. The molecule has 3 heterocycles. The molecular formula is C22H25N3O3S. The average Bonchev–Trinajstić information content (AvgIpc) is 3.36. The molecule has 0 aliphatic carbocycles. The highest BCUT2D eigenvalue weighted by atomic mass is 32.1. The van der Waals surface area contributed by atoms with Crippen molar-refractivity contribution in [3.8, 4) is 0 Å². The van der Waals surface area contributed by atoms with Gasteiger partial charge in [-0.1, -0.05) is 23.8 Å². The number of thiophene rings is 1. The van der Waals surface area contributed by atoms with E-state index in [2.05, 4.69) is 0 Å². The number of carbonyl (C=O) groups is 3. The Bertz CT molecular complexity index is 902. The van der Waals surface area contributed by atoms with Gasteiger partial charge in [0.1, 0.15) is 0 Å². The van der Waals surface area contributed by atoms with Crippen molar-refractivity contribution >= 4 is 34.7 Å². The van der Waals surface area contributed by atoms with E-state index in [1.165, 1.54) is 0 Å². The highest BCUT2D eigenvalue weighted by Gasteiger charge is 2.47. The molecular weight excluding hydrogens is 386 g/mol. The van der Waals surface area contributed by atoms with E-state index in [1.807, 2.05) is 53.6 Å². The average molecular weight is 412 g/mol. The summed E-state index contributed by atoms with van der Waals surface area (Å²) in [5.41, 5.74) is 1.96. The smallest absolute Gasteiger partial charge is 0.228 e. The zero-order chi connectivity index (χ0) is 20.5. The van der Waals surface area contributed by atoms with Crippen LogP contribution < -0.4 is 4.90 Å². The summed E-state index contributed by atoms with van der Waals surface area (Å²) < 4.78 is 0. The molecule has 29 heavy (non-hydrogen) atoms. The highest BCUT2D eigenvalue weighted by Crippen LogP contribution is 2.43. The van der Waals surface area contributed by atoms with Gasteiger partial charge in [-0.3, -0.25) is 14.4 Å². The Morgan fingerprint density at radius 2 is 1.66 bits per heavy atom. The molecule has 1 aromatic heterocycles. The lowest BCUT2D eigenvalue weighted by Gasteiger charge is -2.36. The minimum atomic E-state index is -0.411. The van der Waals surface area contributed by atoms with Crippen LogP contribution >= 0.6 is 11.3 Å². The summed E-state index contributed by atoms with van der Waals surface area (Å²) in [5, 5.41) is 1.98. The van der Waals surface area contributed by atoms with Crippen LogP contribution in [0.1, 0.15) is 29.8 Å². The normalized spacial score (nSPS) is 22.3. The Kier molecular flexibility index (Phi) is 5.41. The van der Waals surface area contributed by atoms with Gasteiger partial charge in [-0.05, 0) is 30.5 Å². The standard InChI is InChI=1S/C22H25N3O3S/c1-15-5-7-17(8-6-15)25-20(27)14-18(21(25)19-4-3-13-29-19)22(28)24-11-9-23(10-12-24)16(2)26/h3-8,13,18,21H,9-12,14H2,1-2H3. The summed E-state index contributed by atoms with van der Waals surface area (Å²) in [4.78, 5) is 44.4. The largest absolute Gasteiger partial charge is 0.339 e. The molecule has 0 spiro atoms. The monoisotopic (exact) mass is 411 g/mol. The Hall–Kier alpha value is -2.67. The summed E-state index contributed by atoms with van der Waals surface area (Å²) in [6, 6.07) is 11.6. The van der Waals surface area contributed by atoms with Crippen LogP contribution in [0.15, 0.2) is 41.8 Å². The van der Waals surface area contributed by atoms with Gasteiger partial charge in [0.25, 0.3) is 0 Å². The third kappa shape index (κ3) is 3.79. The fraction of sp³-hybridized carbons (Fsp3) is 0.409. The molecule has 7 heteroatoms. The maximum absolute atomic E-state index is 13.4. The molecule has 2 aliphatic rings. The van der Waals surface area contributed by atoms with Crippen molar-refractivity contribution in [2.45, 2.75) is 26.3 Å². The van der Waals surface area contributed by atoms with Crippen LogP contribution in [0, 0.1) is 12.8 Å². The van der Waals surface area contributed by atoms with Gasteiger partial charge in [-0.25, -0.2) is 0 Å². The Morgan fingerprint density at radius 1 is 1.00 bits per heavy atom. The van der Waals surface area contributed by atoms with E-state index in [0.717, 1.165) is 16.1 Å². The van der Waals surface area contributed by atoms with Gasteiger partial charge in [-0.15, -0.1) is 11.3 Å². The summed E-state index contributed by atoms with van der Waals surface area (Å²) in [6.07, 6.45) is 0.211. The van der Waals surface area contributed by atoms with Crippen molar-refractivity contribution in [2.75, 3.05) is 31.1 Å². The van der Waals surface area contributed by atoms with Crippen LogP contribution in [0.3, 0.4) is 0 Å². The predicted molar refractivity (Wildman–Crippen MR) is 113 cm³/mol. The number of anilines is 1. The minimum absolute atomic E-state index is 0.00886. The molecule has 3 amide bonds. The zero-order valence-corrected chi connectivity index (χ0v) is 17.5. The number of amides is 3. The fourth-order valence-corrected chi connectivity index (χ4v) is 5.11. The molecule has 0 bridgehead atoms. The minimum Gasteiger partial charge on any atom is -0.339 e. The zero-order valence-electron chi connectivity index (χ0n) is 16.7. The lowest BCUT2D eigenvalue weighted by molar-refractivity contribution is -0.141. The summed E-state index contributed by atoms with van der Waals surface area (Å²) in [7, 11) is 0. The molecule has 0 radical (unpaired) electrons. The van der Waals surface area contributed by atoms with Crippen molar-refractivity contribution in [3.63, 3.8) is 0 Å². The van der Waals surface area contributed by atoms with Crippen LogP contribution in [-0.2, 0) is 14.4 Å². The first-order chi connectivity index (χ1) is 14.0. The second-order valence-corrected chi connectivity index (χ2v) is 8.68. The van der Waals surface area contributed by atoms with Crippen LogP contribution in [0.4, 0.5) is 5.69 Å². The van der Waals surface area contributed by atoms with Crippen LogP contribution in [0.5, 0.6) is 0 Å². The molecule has 2 saturated heterocycles. The predicted octanol–water partition coefficient (Wildman–Crippen LogP) is 2.84. The first-order valence-corrected chi connectivity index (χ1v) is 10.8. The van der Waals surface area contributed by atoms with Crippen molar-refractivity contribution in [1.82, 2.24) is 9.80 Å². The van der Waals surface area contributed by atoms with Crippen molar-refractivity contribution in [2.24, 2.45) is 5.92 Å². The van der Waals surface area contributed by atoms with Crippen molar-refractivity contribution < 1.29 is 14.4 Å². The first-order valence-electron chi connectivity index (χ1n) is 9.92. The van der Waals surface area contributed by atoms with Gasteiger partial charge < -0.3 is 14.7 Å². The molecule has 2 aromatic rings. The molecule has 152 valence electrons. The van der Waals surface area contributed by atoms with E-state index in [0.29, 0.717) is 26.2 Å². The number of benzene rings is 1. The van der Waals surface area contributed by atoms with E-state index in [1.54, 1.807) is 28.1 Å². The number of piperazine rings is 1. The van der Waals surface area contributed by atoms with Gasteiger partial charge in [0, 0.05) is 50.1 Å². The number of carbonyl (C=O) groups excluding carboxylic acids is 3. The summed E-state index contributed by atoms with van der Waals surface area (Å²) in [6.45, 7) is 5.70. The molecule has 6 nitrogen and oxygen atoms in total. The molecule has 2 atom stereocenters. The molecule has 0 N–H and O–H groups in total. The third-order valence-corrected chi connectivity index (χ3v) is 6.77. The first kappa shape index (κ1) is 19.6. The van der Waals surface area contributed by atoms with Crippen LogP contribution in [-0.4, -0.2) is 53.7 Å². The number of hydrogen-bond acceptors (Lipinski definition) is 4. The second kappa shape index (κ2) is 7.99. The van der Waals surface area contributed by atoms with Gasteiger partial charge in [-0.2, -0.15) is 0 Å². The number of aryl methyl sites for hydroxylation is 1. The van der Waals surface area contributed by atoms with E-state index in [9.17, 15) is 14.4 Å². The Balaban J connectivity index is 1.61. The molecule has 2 fully saturated rings. The third-order valence-electron chi connectivity index (χ3n) is 5.82. The molecule has 2 unspecified atom stereocenters. The van der Waals surface area contributed by atoms with Gasteiger partial charge in [0.05, 0.1) is 12.0 Å².